The predicted molar refractivity (Wildman–Crippen MR) is 76.7 cm³/mol. The van der Waals surface area contributed by atoms with E-state index in [2.05, 4.69) is 6.58 Å². The lowest BCUT2D eigenvalue weighted by atomic mass is 9.94. The summed E-state index contributed by atoms with van der Waals surface area (Å²) in [6.45, 7) is 7.90. The Bertz CT molecular complexity index is 388. The van der Waals surface area contributed by atoms with Crippen LogP contribution in [0.1, 0.15) is 46.0 Å². The van der Waals surface area contributed by atoms with E-state index in [1.54, 1.807) is 0 Å². The molecule has 3 rings (SSSR count). The van der Waals surface area contributed by atoms with Gasteiger partial charge in [-0.25, -0.2) is 0 Å². The van der Waals surface area contributed by atoms with Gasteiger partial charge in [0.2, 0.25) is 0 Å². The molecule has 0 amide bonds. The van der Waals surface area contributed by atoms with Crippen molar-refractivity contribution in [2.24, 2.45) is 0 Å². The van der Waals surface area contributed by atoms with Gasteiger partial charge in [-0.2, -0.15) is 0 Å². The highest BCUT2D eigenvalue weighted by Crippen LogP contribution is 2.44. The van der Waals surface area contributed by atoms with Crippen molar-refractivity contribution >= 4 is 0 Å². The molecule has 2 aliphatic heterocycles. The first-order chi connectivity index (χ1) is 9.95. The number of aliphatic hydroxyl groups is 1. The van der Waals surface area contributed by atoms with E-state index in [0.717, 1.165) is 25.7 Å². The van der Waals surface area contributed by atoms with E-state index in [1.165, 1.54) is 12.5 Å². The van der Waals surface area contributed by atoms with E-state index < -0.39 is 23.8 Å². The molecule has 4 atom stereocenters. The highest BCUT2D eigenvalue weighted by Gasteiger charge is 2.54. The summed E-state index contributed by atoms with van der Waals surface area (Å²) in [4.78, 5) is 0. The third kappa shape index (κ3) is 3.03. The summed E-state index contributed by atoms with van der Waals surface area (Å²) in [6.07, 6.45) is 4.91. The number of hydrogen-bond acceptors (Lipinski definition) is 5. The quantitative estimate of drug-likeness (QED) is 0.809. The fourth-order valence-corrected chi connectivity index (χ4v) is 3.55. The number of aliphatic hydroxyl groups excluding tert-OH is 1. The topological polar surface area (TPSA) is 57.2 Å². The Labute approximate surface area is 126 Å². The van der Waals surface area contributed by atoms with E-state index >= 15 is 0 Å². The largest absolute Gasteiger partial charge is 0.386 e. The van der Waals surface area contributed by atoms with Gasteiger partial charge in [0, 0.05) is 12.8 Å². The third-order valence-corrected chi connectivity index (χ3v) is 4.62. The van der Waals surface area contributed by atoms with Gasteiger partial charge in [0.1, 0.15) is 24.4 Å². The predicted octanol–water partition coefficient (Wildman–Crippen LogP) is 2.13. The van der Waals surface area contributed by atoms with Gasteiger partial charge in [0.25, 0.3) is 0 Å². The summed E-state index contributed by atoms with van der Waals surface area (Å²) in [5, 5.41) is 10.2. The molecule has 0 aromatic carbocycles. The molecule has 120 valence electrons. The van der Waals surface area contributed by atoms with E-state index in [9.17, 15) is 5.11 Å². The average molecular weight is 298 g/mol. The van der Waals surface area contributed by atoms with Gasteiger partial charge in [-0.15, -0.1) is 6.58 Å². The molecular formula is C16H26O5. The molecule has 1 spiro atoms. The summed E-state index contributed by atoms with van der Waals surface area (Å²) < 4.78 is 24.0. The van der Waals surface area contributed by atoms with Gasteiger partial charge in [0.15, 0.2) is 11.6 Å². The molecule has 0 aromatic heterocycles. The number of ether oxygens (including phenoxy) is 4. The van der Waals surface area contributed by atoms with Gasteiger partial charge >= 0.3 is 0 Å². The second-order valence-corrected chi connectivity index (χ2v) is 6.73. The first-order valence-electron chi connectivity index (χ1n) is 7.93. The van der Waals surface area contributed by atoms with Gasteiger partial charge in [-0.3, -0.25) is 0 Å². The molecule has 0 radical (unpaired) electrons. The Hall–Kier alpha value is -0.460. The van der Waals surface area contributed by atoms with Gasteiger partial charge in [-0.1, -0.05) is 12.5 Å². The van der Waals surface area contributed by atoms with Crippen molar-refractivity contribution in [3.8, 4) is 0 Å². The summed E-state index contributed by atoms with van der Waals surface area (Å²) in [5.41, 5.74) is 0. The highest BCUT2D eigenvalue weighted by atomic mass is 16.8. The molecule has 2 saturated heterocycles. The average Bonchev–Trinajstić information content (AvgIpc) is 3.00. The van der Waals surface area contributed by atoms with Crippen LogP contribution >= 0.6 is 0 Å². The van der Waals surface area contributed by atoms with Crippen molar-refractivity contribution in [2.45, 2.75) is 81.9 Å². The SMILES string of the molecule is C=C[C@H](O)[C@@H]1OC2(CCCCC2)O[C@@H]1[C@H]1COC(C)(C)O1. The molecule has 0 aromatic rings. The van der Waals surface area contributed by atoms with Gasteiger partial charge < -0.3 is 24.1 Å². The van der Waals surface area contributed by atoms with Crippen molar-refractivity contribution in [3.05, 3.63) is 12.7 Å². The molecule has 3 aliphatic rings. The molecule has 0 unspecified atom stereocenters. The van der Waals surface area contributed by atoms with Crippen molar-refractivity contribution < 1.29 is 24.1 Å². The van der Waals surface area contributed by atoms with E-state index in [0.29, 0.717) is 6.61 Å². The summed E-state index contributed by atoms with van der Waals surface area (Å²) in [5.74, 6) is -1.17. The van der Waals surface area contributed by atoms with Gasteiger partial charge in [0.05, 0.1) is 6.61 Å². The number of rotatable bonds is 3. The Morgan fingerprint density at radius 3 is 2.43 bits per heavy atom. The van der Waals surface area contributed by atoms with Crippen LogP contribution in [0, 0.1) is 0 Å². The lowest BCUT2D eigenvalue weighted by Crippen LogP contribution is -2.43. The van der Waals surface area contributed by atoms with Crippen molar-refractivity contribution in [3.63, 3.8) is 0 Å². The van der Waals surface area contributed by atoms with Crippen molar-refractivity contribution in [1.82, 2.24) is 0 Å². The van der Waals surface area contributed by atoms with Crippen molar-refractivity contribution in [2.75, 3.05) is 6.61 Å². The first-order valence-corrected chi connectivity index (χ1v) is 7.93. The van der Waals surface area contributed by atoms with Crippen molar-refractivity contribution in [1.29, 1.82) is 0 Å². The molecule has 5 heteroatoms. The molecular weight excluding hydrogens is 272 g/mol. The fourth-order valence-electron chi connectivity index (χ4n) is 3.55. The molecule has 1 aliphatic carbocycles. The standard InChI is InChI=1S/C16H26O5/c1-4-11(17)13-14(12-10-18-15(2,3)19-12)21-16(20-13)8-6-5-7-9-16/h4,11-14,17H,1,5-10H2,2-3H3/t11-,12+,13-,14+/m0/s1. The minimum absolute atomic E-state index is 0.221. The van der Waals surface area contributed by atoms with Crippen LogP contribution < -0.4 is 0 Å². The smallest absolute Gasteiger partial charge is 0.169 e. The van der Waals surface area contributed by atoms with Crippen LogP contribution in [0.3, 0.4) is 0 Å². The minimum atomic E-state index is -0.761. The van der Waals surface area contributed by atoms with E-state index in [1.807, 2.05) is 13.8 Å². The Morgan fingerprint density at radius 2 is 1.86 bits per heavy atom. The normalized spacial score (nSPS) is 39.5. The molecule has 21 heavy (non-hydrogen) atoms. The molecule has 1 N–H and O–H groups in total. The molecule has 0 bridgehead atoms. The highest BCUT2D eigenvalue weighted by molar-refractivity contribution is 5.00. The summed E-state index contributed by atoms with van der Waals surface area (Å²) >= 11 is 0. The Balaban J connectivity index is 1.77. The van der Waals surface area contributed by atoms with Crippen LogP contribution in [0.2, 0.25) is 0 Å². The van der Waals surface area contributed by atoms with Crippen LogP contribution in [0.5, 0.6) is 0 Å². The molecule has 1 saturated carbocycles. The summed E-state index contributed by atoms with van der Waals surface area (Å²) in [6, 6.07) is 0. The third-order valence-electron chi connectivity index (χ3n) is 4.62. The minimum Gasteiger partial charge on any atom is -0.386 e. The Morgan fingerprint density at radius 1 is 1.14 bits per heavy atom. The van der Waals surface area contributed by atoms with E-state index in [4.69, 9.17) is 18.9 Å². The van der Waals surface area contributed by atoms with Crippen LogP contribution in [-0.2, 0) is 18.9 Å². The summed E-state index contributed by atoms with van der Waals surface area (Å²) in [7, 11) is 0. The lowest BCUT2D eigenvalue weighted by Gasteiger charge is -2.32. The Kier molecular flexibility index (Phi) is 4.14. The second-order valence-electron chi connectivity index (χ2n) is 6.73. The van der Waals surface area contributed by atoms with Gasteiger partial charge in [-0.05, 0) is 26.7 Å². The number of hydrogen-bond donors (Lipinski definition) is 1. The maximum Gasteiger partial charge on any atom is 0.169 e. The molecule has 5 nitrogen and oxygen atoms in total. The van der Waals surface area contributed by atoms with Crippen LogP contribution in [0.4, 0.5) is 0 Å². The maximum absolute atomic E-state index is 10.2. The zero-order valence-corrected chi connectivity index (χ0v) is 12.9. The van der Waals surface area contributed by atoms with E-state index in [-0.39, 0.29) is 12.2 Å². The fraction of sp³-hybridized carbons (Fsp3) is 0.875. The maximum atomic E-state index is 10.2. The zero-order valence-electron chi connectivity index (χ0n) is 12.9. The van der Waals surface area contributed by atoms with Crippen LogP contribution in [0.15, 0.2) is 12.7 Å². The van der Waals surface area contributed by atoms with Crippen LogP contribution in [0.25, 0.3) is 0 Å². The first kappa shape index (κ1) is 15.4. The zero-order chi connectivity index (χ0) is 15.1. The molecule has 2 heterocycles. The monoisotopic (exact) mass is 298 g/mol. The van der Waals surface area contributed by atoms with Crippen LogP contribution in [-0.4, -0.2) is 47.7 Å². The molecule has 3 fully saturated rings. The second kappa shape index (κ2) is 5.63. The lowest BCUT2D eigenvalue weighted by molar-refractivity contribution is -0.208.